The number of aromatic nitrogens is 2. The molecule has 0 spiro atoms. The van der Waals surface area contributed by atoms with Gasteiger partial charge in [0, 0.05) is 23.6 Å². The van der Waals surface area contributed by atoms with Crippen LogP contribution < -0.4 is 14.8 Å². The van der Waals surface area contributed by atoms with Gasteiger partial charge in [-0.2, -0.15) is 0 Å². The fourth-order valence-corrected chi connectivity index (χ4v) is 2.94. The Morgan fingerprint density at radius 1 is 1.32 bits per heavy atom. The monoisotopic (exact) mass is 368 g/mol. The number of nitro groups is 1. The lowest BCUT2D eigenvalue weighted by atomic mass is 10.3. The lowest BCUT2D eigenvalue weighted by Gasteiger charge is -2.04. The Bertz CT molecular complexity index is 986. The Morgan fingerprint density at radius 2 is 2.04 bits per heavy atom. The summed E-state index contributed by atoms with van der Waals surface area (Å²) < 4.78 is 34.7. The number of halogens is 2. The fraction of sp³-hybridized carbons (Fsp3) is 0.0769. The summed E-state index contributed by atoms with van der Waals surface area (Å²) in [5.41, 5.74) is 0.712. The number of hydrogen-bond donors (Lipinski definition) is 2. The number of rotatable bonds is 3. The number of amides is 1. The molecule has 0 radical (unpaired) electrons. The van der Waals surface area contributed by atoms with E-state index in [0.29, 0.717) is 5.52 Å². The molecule has 25 heavy (non-hydrogen) atoms. The van der Waals surface area contributed by atoms with Crippen LogP contribution in [0, 0.1) is 10.1 Å². The SMILES string of the molecule is O=C(Nc1nc2cc3c(cc2[nH]1)OC(F)(F)O3)c1csc([N+](=O)[O-])c1. The van der Waals surface area contributed by atoms with Gasteiger partial charge in [0.1, 0.15) is 0 Å². The molecule has 1 aromatic carbocycles. The molecule has 9 nitrogen and oxygen atoms in total. The van der Waals surface area contributed by atoms with E-state index in [9.17, 15) is 23.7 Å². The minimum atomic E-state index is -3.73. The molecule has 3 aromatic rings. The molecule has 4 rings (SSSR count). The number of carbonyl (C=O) groups excluding carboxylic acids is 1. The van der Waals surface area contributed by atoms with Crippen molar-refractivity contribution in [3.63, 3.8) is 0 Å². The van der Waals surface area contributed by atoms with Crippen LogP contribution in [0.1, 0.15) is 10.4 Å². The van der Waals surface area contributed by atoms with Gasteiger partial charge in [0.05, 0.1) is 21.5 Å². The minimum Gasteiger partial charge on any atom is -0.395 e. The van der Waals surface area contributed by atoms with Gasteiger partial charge in [-0.05, 0) is 0 Å². The van der Waals surface area contributed by atoms with E-state index >= 15 is 0 Å². The highest BCUT2D eigenvalue weighted by Gasteiger charge is 2.43. The highest BCUT2D eigenvalue weighted by atomic mass is 32.1. The number of thiophene rings is 1. The maximum Gasteiger partial charge on any atom is 0.586 e. The van der Waals surface area contributed by atoms with Crippen molar-refractivity contribution >= 4 is 39.2 Å². The number of hydrogen-bond acceptors (Lipinski definition) is 7. The molecular weight excluding hydrogens is 362 g/mol. The molecule has 0 atom stereocenters. The molecule has 0 unspecified atom stereocenters. The number of anilines is 1. The number of alkyl halides is 2. The summed E-state index contributed by atoms with van der Waals surface area (Å²) in [5, 5.41) is 14.3. The molecular formula is C13H6F2N4O5S. The van der Waals surface area contributed by atoms with Gasteiger partial charge < -0.3 is 14.5 Å². The van der Waals surface area contributed by atoms with E-state index in [0.717, 1.165) is 17.4 Å². The number of imidazole rings is 1. The average Bonchev–Trinajstić information content (AvgIpc) is 3.18. The largest absolute Gasteiger partial charge is 0.586 e. The fourth-order valence-electron chi connectivity index (χ4n) is 2.23. The molecule has 2 aromatic heterocycles. The van der Waals surface area contributed by atoms with E-state index in [1.54, 1.807) is 0 Å². The second-order valence-corrected chi connectivity index (χ2v) is 5.84. The number of nitrogens with zero attached hydrogens (tertiary/aromatic N) is 2. The smallest absolute Gasteiger partial charge is 0.395 e. The standard InChI is InChI=1S/C13H6F2N4O5S/c14-13(15)23-8-2-6-7(3-9(8)24-13)17-12(16-6)18-11(20)5-1-10(19(21)22)25-4-5/h1-4H,(H2,16,17,18,20). The summed E-state index contributed by atoms with van der Waals surface area (Å²) in [4.78, 5) is 28.9. The number of carbonyl (C=O) groups is 1. The first-order chi connectivity index (χ1) is 11.8. The van der Waals surface area contributed by atoms with Crippen LogP contribution in [0.5, 0.6) is 11.5 Å². The molecule has 2 N–H and O–H groups in total. The van der Waals surface area contributed by atoms with Crippen LogP contribution in [-0.4, -0.2) is 27.1 Å². The van der Waals surface area contributed by atoms with Crippen LogP contribution in [0.3, 0.4) is 0 Å². The Hall–Kier alpha value is -3.28. The van der Waals surface area contributed by atoms with Gasteiger partial charge in [-0.25, -0.2) is 4.98 Å². The van der Waals surface area contributed by atoms with Crippen molar-refractivity contribution in [2.75, 3.05) is 5.32 Å². The Morgan fingerprint density at radius 3 is 2.72 bits per heavy atom. The van der Waals surface area contributed by atoms with Crippen molar-refractivity contribution in [2.24, 2.45) is 0 Å². The maximum atomic E-state index is 13.0. The summed E-state index contributed by atoms with van der Waals surface area (Å²) in [6, 6.07) is 3.65. The van der Waals surface area contributed by atoms with Crippen molar-refractivity contribution in [2.45, 2.75) is 6.29 Å². The molecule has 3 heterocycles. The van der Waals surface area contributed by atoms with Gasteiger partial charge in [0.25, 0.3) is 5.91 Å². The highest BCUT2D eigenvalue weighted by Crippen LogP contribution is 2.42. The third-order valence-corrected chi connectivity index (χ3v) is 4.14. The molecule has 0 saturated heterocycles. The van der Waals surface area contributed by atoms with Crippen molar-refractivity contribution in [3.05, 3.63) is 39.3 Å². The number of fused-ring (bicyclic) bond motifs is 2. The van der Waals surface area contributed by atoms with Crippen LogP contribution in [-0.2, 0) is 0 Å². The van der Waals surface area contributed by atoms with E-state index in [1.165, 1.54) is 17.5 Å². The van der Waals surface area contributed by atoms with E-state index in [1.807, 2.05) is 0 Å². The molecule has 0 aliphatic carbocycles. The number of ether oxygens (including phenoxy) is 2. The average molecular weight is 368 g/mol. The molecule has 128 valence electrons. The quantitative estimate of drug-likeness (QED) is 0.541. The maximum absolute atomic E-state index is 13.0. The predicted molar refractivity (Wildman–Crippen MR) is 81.2 cm³/mol. The van der Waals surface area contributed by atoms with Gasteiger partial charge >= 0.3 is 11.3 Å². The lowest BCUT2D eigenvalue weighted by Crippen LogP contribution is -2.25. The van der Waals surface area contributed by atoms with E-state index in [-0.39, 0.29) is 33.5 Å². The van der Waals surface area contributed by atoms with Gasteiger partial charge in [-0.15, -0.1) is 8.78 Å². The van der Waals surface area contributed by atoms with E-state index in [4.69, 9.17) is 0 Å². The molecule has 0 saturated carbocycles. The number of benzene rings is 1. The van der Waals surface area contributed by atoms with Crippen LogP contribution in [0.4, 0.5) is 19.7 Å². The van der Waals surface area contributed by atoms with Gasteiger partial charge in [-0.3, -0.25) is 20.2 Å². The third-order valence-electron chi connectivity index (χ3n) is 3.26. The Labute approximate surface area is 140 Å². The first-order valence-electron chi connectivity index (χ1n) is 6.65. The number of nitrogens with one attached hydrogen (secondary N) is 2. The highest BCUT2D eigenvalue weighted by molar-refractivity contribution is 7.13. The Kier molecular flexibility index (Phi) is 3.12. The van der Waals surface area contributed by atoms with Crippen LogP contribution in [0.2, 0.25) is 0 Å². The number of aromatic amines is 1. The zero-order chi connectivity index (χ0) is 17.8. The van der Waals surface area contributed by atoms with E-state index < -0.39 is 17.1 Å². The van der Waals surface area contributed by atoms with Crippen LogP contribution in [0.25, 0.3) is 11.0 Å². The molecule has 1 aliphatic rings. The second kappa shape index (κ2) is 5.11. The number of H-pyrrole nitrogens is 1. The Balaban J connectivity index is 1.58. The summed E-state index contributed by atoms with van der Waals surface area (Å²) in [5.74, 6) is -0.887. The van der Waals surface area contributed by atoms with Crippen LogP contribution >= 0.6 is 11.3 Å². The topological polar surface area (TPSA) is 119 Å². The van der Waals surface area contributed by atoms with E-state index in [2.05, 4.69) is 24.8 Å². The van der Waals surface area contributed by atoms with Crippen molar-refractivity contribution in [1.29, 1.82) is 0 Å². The van der Waals surface area contributed by atoms with Gasteiger partial charge in [0.15, 0.2) is 11.5 Å². The lowest BCUT2D eigenvalue weighted by molar-refractivity contribution is -0.380. The molecule has 12 heteroatoms. The van der Waals surface area contributed by atoms with Gasteiger partial charge in [-0.1, -0.05) is 11.3 Å². The first-order valence-corrected chi connectivity index (χ1v) is 7.52. The normalized spacial score (nSPS) is 14.6. The zero-order valence-corrected chi connectivity index (χ0v) is 12.7. The van der Waals surface area contributed by atoms with Crippen molar-refractivity contribution in [3.8, 4) is 11.5 Å². The van der Waals surface area contributed by atoms with Crippen LogP contribution in [0.15, 0.2) is 23.6 Å². The summed E-state index contributed by atoms with van der Waals surface area (Å²) >= 11 is 0.821. The molecule has 0 fully saturated rings. The van der Waals surface area contributed by atoms with Crippen molar-refractivity contribution < 1.29 is 28.0 Å². The zero-order valence-electron chi connectivity index (χ0n) is 11.9. The minimum absolute atomic E-state index is 0.0456. The summed E-state index contributed by atoms with van der Waals surface area (Å²) in [6.45, 7) is 0. The van der Waals surface area contributed by atoms with Crippen molar-refractivity contribution in [1.82, 2.24) is 9.97 Å². The third kappa shape index (κ3) is 2.71. The summed E-state index contributed by atoms with van der Waals surface area (Å²) in [7, 11) is 0. The molecule has 1 aliphatic heterocycles. The second-order valence-electron chi connectivity index (χ2n) is 4.95. The molecule has 0 bridgehead atoms. The first kappa shape index (κ1) is 15.3. The predicted octanol–water partition coefficient (Wildman–Crippen LogP) is 3.11. The summed E-state index contributed by atoms with van der Waals surface area (Å²) in [6.07, 6.45) is -3.73. The van der Waals surface area contributed by atoms with Gasteiger partial charge in [0.2, 0.25) is 5.95 Å². The molecule has 1 amide bonds.